The van der Waals surface area contributed by atoms with Crippen LogP contribution >= 0.6 is 0 Å². The van der Waals surface area contributed by atoms with Gasteiger partial charge in [-0.25, -0.2) is 9.97 Å². The molecular weight excluding hydrogens is 354 g/mol. The normalized spacial score (nSPS) is 21.6. The number of nitrogens with zero attached hydrogens (tertiary/aromatic N) is 3. The molecule has 0 bridgehead atoms. The molecule has 28 heavy (non-hydrogen) atoms. The molecule has 0 aromatic carbocycles. The molecule has 1 fully saturated rings. The highest BCUT2D eigenvalue weighted by Gasteiger charge is 2.21. The van der Waals surface area contributed by atoms with Crippen molar-refractivity contribution in [2.45, 2.75) is 44.8 Å². The number of hydrogen-bond acceptors (Lipinski definition) is 6. The smallest absolute Gasteiger partial charge is 0.261 e. The highest BCUT2D eigenvalue weighted by Crippen LogP contribution is 2.27. The Morgan fingerprint density at radius 1 is 1.21 bits per heavy atom. The van der Waals surface area contributed by atoms with E-state index < -0.39 is 12.5 Å². The van der Waals surface area contributed by atoms with Crippen LogP contribution in [-0.2, 0) is 6.98 Å². The van der Waals surface area contributed by atoms with Gasteiger partial charge in [-0.1, -0.05) is 0 Å². The number of aliphatic hydroxyl groups is 1. The van der Waals surface area contributed by atoms with E-state index in [2.05, 4.69) is 20.6 Å². The van der Waals surface area contributed by atoms with Crippen LogP contribution in [0.3, 0.4) is 0 Å². The molecule has 1 aliphatic carbocycles. The van der Waals surface area contributed by atoms with E-state index in [1.54, 1.807) is 18.3 Å². The van der Waals surface area contributed by atoms with Crippen molar-refractivity contribution < 1.29 is 9.22 Å². The van der Waals surface area contributed by atoms with Gasteiger partial charge in [0.25, 0.3) is 5.56 Å². The van der Waals surface area contributed by atoms with Crippen LogP contribution in [-0.4, -0.2) is 31.8 Å². The van der Waals surface area contributed by atoms with Gasteiger partial charge in [0, 0.05) is 29.5 Å². The van der Waals surface area contributed by atoms with Gasteiger partial charge >= 0.3 is 0 Å². The van der Waals surface area contributed by atoms with Gasteiger partial charge < -0.3 is 20.3 Å². The molecule has 3 aromatic rings. The summed E-state index contributed by atoms with van der Waals surface area (Å²) >= 11 is 0. The number of aliphatic hydroxyl groups excluding tert-OH is 1. The predicted octanol–water partition coefficient (Wildman–Crippen LogP) is 3.10. The molecule has 0 spiro atoms. The van der Waals surface area contributed by atoms with Crippen molar-refractivity contribution in [3.05, 3.63) is 52.6 Å². The Morgan fingerprint density at radius 2 is 2.04 bits per heavy atom. The number of aromatic nitrogens is 3. The first kappa shape index (κ1) is 15.0. The first-order chi connectivity index (χ1) is 14.7. The molecule has 1 aliphatic rings. The fourth-order valence-corrected chi connectivity index (χ4v) is 3.58. The Morgan fingerprint density at radius 3 is 2.79 bits per heavy atom. The van der Waals surface area contributed by atoms with Crippen LogP contribution < -0.4 is 16.2 Å². The predicted molar refractivity (Wildman–Crippen MR) is 111 cm³/mol. The average molecular weight is 382 g/mol. The molecule has 3 heterocycles. The zero-order chi connectivity index (χ0) is 22.2. The lowest BCUT2D eigenvalue weighted by Gasteiger charge is -2.27. The van der Waals surface area contributed by atoms with Gasteiger partial charge in [0.05, 0.1) is 11.5 Å². The van der Waals surface area contributed by atoms with Crippen LogP contribution in [0.2, 0.25) is 0 Å². The number of fused-ring (bicyclic) bond motifs is 1. The van der Waals surface area contributed by atoms with E-state index >= 15 is 0 Å². The fourth-order valence-electron chi connectivity index (χ4n) is 3.58. The largest absolute Gasteiger partial charge is 0.393 e. The molecule has 7 nitrogen and oxygen atoms in total. The lowest BCUT2D eigenvalue weighted by atomic mass is 9.93. The van der Waals surface area contributed by atoms with Crippen molar-refractivity contribution in [3.8, 4) is 0 Å². The fraction of sp³-hybridized carbons (Fsp3) is 0.381. The van der Waals surface area contributed by atoms with Gasteiger partial charge in [0.2, 0.25) is 0 Å². The van der Waals surface area contributed by atoms with Gasteiger partial charge in [-0.2, -0.15) is 0 Å². The topological polar surface area (TPSA) is 92.1 Å². The lowest BCUT2D eigenvalue weighted by molar-refractivity contribution is 0.126. The molecular formula is C21H25N5O2. The van der Waals surface area contributed by atoms with E-state index in [9.17, 15) is 9.90 Å². The summed E-state index contributed by atoms with van der Waals surface area (Å²) in [5.74, 6) is 1.45. The molecule has 0 aliphatic heterocycles. The van der Waals surface area contributed by atoms with Crippen LogP contribution in [0.25, 0.3) is 10.8 Å². The van der Waals surface area contributed by atoms with Gasteiger partial charge in [-0.15, -0.1) is 0 Å². The summed E-state index contributed by atoms with van der Waals surface area (Å²) in [4.78, 5) is 21.9. The average Bonchev–Trinajstić information content (AvgIpc) is 2.69. The Hall–Kier alpha value is -2.93. The monoisotopic (exact) mass is 382 g/mol. The Labute approximate surface area is 167 Å². The van der Waals surface area contributed by atoms with Crippen LogP contribution in [0.1, 0.15) is 35.4 Å². The minimum Gasteiger partial charge on any atom is -0.393 e. The van der Waals surface area contributed by atoms with Gasteiger partial charge in [0.15, 0.2) is 0 Å². The molecule has 3 N–H and O–H groups in total. The van der Waals surface area contributed by atoms with E-state index in [0.717, 1.165) is 23.0 Å². The van der Waals surface area contributed by atoms with Crippen molar-refractivity contribution in [2.75, 3.05) is 10.6 Å². The SMILES string of the molecule is [2H]C([2H])([2H])n1ccc2cc(Nc3cc(C)ccn3)nc(NC3CCC(O)CC3)c2c1=O. The second kappa shape index (κ2) is 7.59. The number of pyridine rings is 3. The quantitative estimate of drug-likeness (QED) is 0.642. The third-order valence-electron chi connectivity index (χ3n) is 5.09. The zero-order valence-corrected chi connectivity index (χ0v) is 15.6. The third kappa shape index (κ3) is 3.84. The maximum absolute atomic E-state index is 13.1. The van der Waals surface area contributed by atoms with Gasteiger partial charge in [-0.05, 0) is 67.8 Å². The van der Waals surface area contributed by atoms with E-state index in [4.69, 9.17) is 4.11 Å². The van der Waals surface area contributed by atoms with Gasteiger partial charge in [0.1, 0.15) is 17.5 Å². The van der Waals surface area contributed by atoms with E-state index in [0.29, 0.717) is 35.7 Å². The molecule has 0 amide bonds. The Balaban J connectivity index is 1.79. The molecule has 0 unspecified atom stereocenters. The highest BCUT2D eigenvalue weighted by molar-refractivity contribution is 5.93. The van der Waals surface area contributed by atoms with Crippen molar-refractivity contribution in [2.24, 2.45) is 6.98 Å². The first-order valence-corrected chi connectivity index (χ1v) is 9.42. The van der Waals surface area contributed by atoms with Crippen molar-refractivity contribution in [1.29, 1.82) is 0 Å². The van der Waals surface area contributed by atoms with Gasteiger partial charge in [-0.3, -0.25) is 4.79 Å². The van der Waals surface area contributed by atoms with Crippen LogP contribution in [0.4, 0.5) is 17.5 Å². The van der Waals surface area contributed by atoms with Crippen LogP contribution in [0, 0.1) is 6.92 Å². The number of rotatable bonds is 4. The second-order valence-corrected chi connectivity index (χ2v) is 7.30. The summed E-state index contributed by atoms with van der Waals surface area (Å²) in [6.45, 7) is -0.623. The van der Waals surface area contributed by atoms with Crippen LogP contribution in [0.15, 0.2) is 41.5 Å². The summed E-state index contributed by atoms with van der Waals surface area (Å²) < 4.78 is 23.7. The second-order valence-electron chi connectivity index (χ2n) is 7.30. The first-order valence-electron chi connectivity index (χ1n) is 10.9. The van der Waals surface area contributed by atoms with E-state index in [-0.39, 0.29) is 17.5 Å². The lowest BCUT2D eigenvalue weighted by Crippen LogP contribution is -2.29. The molecule has 1 saturated carbocycles. The third-order valence-corrected chi connectivity index (χ3v) is 5.09. The summed E-state index contributed by atoms with van der Waals surface area (Å²) in [6, 6.07) is 7.12. The Bertz CT molecular complexity index is 1150. The molecule has 3 aromatic heterocycles. The minimum atomic E-state index is -2.58. The van der Waals surface area contributed by atoms with Crippen molar-refractivity contribution >= 4 is 28.2 Å². The number of anilines is 3. The summed E-state index contributed by atoms with van der Waals surface area (Å²) in [5, 5.41) is 17.1. The van der Waals surface area contributed by atoms with Crippen molar-refractivity contribution in [3.63, 3.8) is 0 Å². The van der Waals surface area contributed by atoms with E-state index in [1.807, 2.05) is 19.1 Å². The molecule has 0 atom stereocenters. The summed E-state index contributed by atoms with van der Waals surface area (Å²) in [5.41, 5.74) is 0.418. The number of aryl methyl sites for hydroxylation is 2. The molecule has 0 saturated heterocycles. The highest BCUT2D eigenvalue weighted by atomic mass is 16.3. The van der Waals surface area contributed by atoms with E-state index in [1.165, 1.54) is 6.20 Å². The molecule has 7 heteroatoms. The molecule has 4 rings (SSSR count). The van der Waals surface area contributed by atoms with Crippen LogP contribution in [0.5, 0.6) is 0 Å². The van der Waals surface area contributed by atoms with Crippen molar-refractivity contribution in [1.82, 2.24) is 14.5 Å². The Kier molecular flexibility index (Phi) is 4.08. The molecule has 146 valence electrons. The number of hydrogen-bond donors (Lipinski definition) is 3. The molecule has 0 radical (unpaired) electrons. The maximum atomic E-state index is 13.1. The standard InChI is InChI=1S/C21H25N5O2/c1-13-7-9-22-17(11-13)24-18-12-14-8-10-26(2)21(28)19(14)20(25-18)23-15-3-5-16(27)6-4-15/h7-12,15-16,27H,3-6H2,1-2H3,(H2,22,23,24,25)/i2D3. The zero-order valence-electron chi connectivity index (χ0n) is 18.6. The number of nitrogens with one attached hydrogen (secondary N) is 2. The summed E-state index contributed by atoms with van der Waals surface area (Å²) in [7, 11) is 0. The summed E-state index contributed by atoms with van der Waals surface area (Å²) in [6.07, 6.45) is 5.48. The maximum Gasteiger partial charge on any atom is 0.261 e. The minimum absolute atomic E-state index is 0.0345.